The molecule has 1 aliphatic carbocycles. The van der Waals surface area contributed by atoms with Crippen LogP contribution in [0.4, 0.5) is 0 Å². The molecule has 1 saturated carbocycles. The highest BCUT2D eigenvalue weighted by atomic mass is 35.5. The number of carbonyl (C=O) groups excluding carboxylic acids is 1. The van der Waals surface area contributed by atoms with Gasteiger partial charge in [0.2, 0.25) is 5.78 Å². The number of benzene rings is 1. The fraction of sp³-hybridized carbons (Fsp3) is 0.200. The molecule has 0 spiro atoms. The highest BCUT2D eigenvalue weighted by molar-refractivity contribution is 6.30. The first kappa shape index (κ1) is 12.2. The van der Waals surface area contributed by atoms with Gasteiger partial charge in [0, 0.05) is 11.8 Å². The molecule has 0 unspecified atom stereocenters. The largest absolute Gasteiger partial charge is 0.490 e. The highest BCUT2D eigenvalue weighted by Crippen LogP contribution is 2.27. The molecule has 96 valence electrons. The summed E-state index contributed by atoms with van der Waals surface area (Å²) in [5.74, 6) is 0.692. The molecule has 4 heteroatoms. The van der Waals surface area contributed by atoms with Crippen LogP contribution in [-0.2, 0) is 0 Å². The third-order valence-corrected chi connectivity index (χ3v) is 3.13. The topological polar surface area (TPSA) is 39.2 Å². The lowest BCUT2D eigenvalue weighted by molar-refractivity contribution is 0.103. The maximum atomic E-state index is 12.2. The number of hydrogen-bond donors (Lipinski definition) is 0. The van der Waals surface area contributed by atoms with E-state index < -0.39 is 0 Å². The van der Waals surface area contributed by atoms with Gasteiger partial charge in [-0.15, -0.1) is 0 Å². The molecule has 3 nitrogen and oxygen atoms in total. The summed E-state index contributed by atoms with van der Waals surface area (Å²) in [6, 6.07) is 10.4. The van der Waals surface area contributed by atoms with Crippen molar-refractivity contribution < 1.29 is 9.53 Å². The van der Waals surface area contributed by atoms with Gasteiger partial charge in [-0.1, -0.05) is 11.6 Å². The second-order valence-electron chi connectivity index (χ2n) is 4.53. The van der Waals surface area contributed by atoms with Crippen molar-refractivity contribution >= 4 is 17.4 Å². The van der Waals surface area contributed by atoms with Crippen LogP contribution >= 0.6 is 11.6 Å². The number of hydrogen-bond acceptors (Lipinski definition) is 3. The SMILES string of the molecule is O=C(c1ccc(OC2CC2)cc1)c1ccc(Cl)cn1. The van der Waals surface area contributed by atoms with Gasteiger partial charge in [-0.25, -0.2) is 0 Å². The minimum absolute atomic E-state index is 0.116. The second kappa shape index (κ2) is 5.02. The molecule has 1 aliphatic rings. The van der Waals surface area contributed by atoms with E-state index in [-0.39, 0.29) is 5.78 Å². The van der Waals surface area contributed by atoms with E-state index in [1.165, 1.54) is 6.20 Å². The summed E-state index contributed by atoms with van der Waals surface area (Å²) < 4.78 is 5.64. The van der Waals surface area contributed by atoms with Crippen LogP contribution in [0.15, 0.2) is 42.6 Å². The molecule has 1 aromatic carbocycles. The zero-order chi connectivity index (χ0) is 13.2. The molecule has 1 fully saturated rings. The van der Waals surface area contributed by atoms with Crippen molar-refractivity contribution in [2.75, 3.05) is 0 Å². The van der Waals surface area contributed by atoms with Crippen LogP contribution in [0.1, 0.15) is 28.9 Å². The molecule has 1 aromatic heterocycles. The molecule has 3 rings (SSSR count). The zero-order valence-electron chi connectivity index (χ0n) is 10.2. The minimum atomic E-state index is -0.116. The van der Waals surface area contributed by atoms with Crippen LogP contribution in [0.5, 0.6) is 5.75 Å². The summed E-state index contributed by atoms with van der Waals surface area (Å²) in [5, 5.41) is 0.518. The van der Waals surface area contributed by atoms with Crippen LogP contribution in [0.3, 0.4) is 0 Å². The molecule has 0 radical (unpaired) electrons. The fourth-order valence-corrected chi connectivity index (χ4v) is 1.83. The van der Waals surface area contributed by atoms with Gasteiger partial charge in [0.05, 0.1) is 11.1 Å². The number of halogens is 1. The number of ketones is 1. The lowest BCUT2D eigenvalue weighted by Gasteiger charge is -2.05. The minimum Gasteiger partial charge on any atom is -0.490 e. The molecular formula is C15H12ClNO2. The summed E-state index contributed by atoms with van der Waals surface area (Å²) in [4.78, 5) is 16.2. The van der Waals surface area contributed by atoms with Crippen molar-refractivity contribution in [2.45, 2.75) is 18.9 Å². The monoisotopic (exact) mass is 273 g/mol. The van der Waals surface area contributed by atoms with Crippen LogP contribution in [0, 0.1) is 0 Å². The Balaban J connectivity index is 1.77. The van der Waals surface area contributed by atoms with Gasteiger partial charge in [0.15, 0.2) is 0 Å². The smallest absolute Gasteiger partial charge is 0.211 e. The molecule has 0 amide bonds. The number of carbonyl (C=O) groups is 1. The quantitative estimate of drug-likeness (QED) is 0.800. The summed E-state index contributed by atoms with van der Waals surface area (Å²) >= 11 is 5.75. The average molecular weight is 274 g/mol. The van der Waals surface area contributed by atoms with Crippen LogP contribution < -0.4 is 4.74 Å². The van der Waals surface area contributed by atoms with E-state index >= 15 is 0 Å². The summed E-state index contributed by atoms with van der Waals surface area (Å²) in [6.07, 6.45) is 4.07. The first-order chi connectivity index (χ1) is 9.22. The summed E-state index contributed by atoms with van der Waals surface area (Å²) in [6.45, 7) is 0. The number of rotatable bonds is 4. The summed E-state index contributed by atoms with van der Waals surface area (Å²) in [5.41, 5.74) is 0.984. The number of aromatic nitrogens is 1. The van der Waals surface area contributed by atoms with Crippen molar-refractivity contribution in [3.05, 3.63) is 58.9 Å². The van der Waals surface area contributed by atoms with E-state index in [0.29, 0.717) is 22.4 Å². The van der Waals surface area contributed by atoms with E-state index in [1.54, 1.807) is 24.3 Å². The lowest BCUT2D eigenvalue weighted by atomic mass is 10.1. The highest BCUT2D eigenvalue weighted by Gasteiger charge is 2.23. The van der Waals surface area contributed by atoms with Gasteiger partial charge in [-0.05, 0) is 49.2 Å². The van der Waals surface area contributed by atoms with Crippen molar-refractivity contribution in [3.8, 4) is 5.75 Å². The molecule has 0 saturated heterocycles. The fourth-order valence-electron chi connectivity index (χ4n) is 1.72. The summed E-state index contributed by atoms with van der Waals surface area (Å²) in [7, 11) is 0. The maximum Gasteiger partial charge on any atom is 0.211 e. The molecule has 2 aromatic rings. The van der Waals surface area contributed by atoms with E-state index in [0.717, 1.165) is 18.6 Å². The Morgan fingerprint density at radius 1 is 1.16 bits per heavy atom. The van der Waals surface area contributed by atoms with Crippen molar-refractivity contribution in [1.29, 1.82) is 0 Å². The standard InChI is InChI=1S/C15H12ClNO2/c16-11-3-8-14(17-9-11)15(18)10-1-4-12(5-2-10)19-13-6-7-13/h1-5,8-9,13H,6-7H2. The van der Waals surface area contributed by atoms with Gasteiger partial charge in [0.25, 0.3) is 0 Å². The van der Waals surface area contributed by atoms with Gasteiger partial charge in [0.1, 0.15) is 11.4 Å². The van der Waals surface area contributed by atoms with Gasteiger partial charge in [-0.2, -0.15) is 0 Å². The Kier molecular flexibility index (Phi) is 3.22. The number of pyridine rings is 1. The second-order valence-corrected chi connectivity index (χ2v) is 4.97. The van der Waals surface area contributed by atoms with Crippen LogP contribution in [-0.4, -0.2) is 16.9 Å². The Morgan fingerprint density at radius 2 is 1.89 bits per heavy atom. The van der Waals surface area contributed by atoms with Crippen molar-refractivity contribution in [3.63, 3.8) is 0 Å². The molecule has 0 bridgehead atoms. The normalized spacial score (nSPS) is 14.2. The molecule has 1 heterocycles. The molecule has 0 N–H and O–H groups in total. The molecule has 0 aliphatic heterocycles. The van der Waals surface area contributed by atoms with Crippen LogP contribution in [0.2, 0.25) is 5.02 Å². The Morgan fingerprint density at radius 3 is 2.47 bits per heavy atom. The number of ether oxygens (including phenoxy) is 1. The first-order valence-corrected chi connectivity index (χ1v) is 6.53. The van der Waals surface area contributed by atoms with E-state index in [2.05, 4.69) is 4.98 Å². The zero-order valence-corrected chi connectivity index (χ0v) is 10.9. The van der Waals surface area contributed by atoms with Crippen molar-refractivity contribution in [1.82, 2.24) is 4.98 Å². The predicted octanol–water partition coefficient (Wildman–Crippen LogP) is 3.51. The van der Waals surface area contributed by atoms with E-state index in [1.807, 2.05) is 12.1 Å². The van der Waals surface area contributed by atoms with Crippen LogP contribution in [0.25, 0.3) is 0 Å². The van der Waals surface area contributed by atoms with E-state index in [4.69, 9.17) is 16.3 Å². The molecular weight excluding hydrogens is 262 g/mol. The lowest BCUT2D eigenvalue weighted by Crippen LogP contribution is -2.04. The Hall–Kier alpha value is -1.87. The first-order valence-electron chi connectivity index (χ1n) is 6.15. The number of nitrogens with zero attached hydrogens (tertiary/aromatic N) is 1. The predicted molar refractivity (Wildman–Crippen MR) is 72.8 cm³/mol. The maximum absolute atomic E-state index is 12.2. The molecule has 19 heavy (non-hydrogen) atoms. The van der Waals surface area contributed by atoms with Crippen molar-refractivity contribution in [2.24, 2.45) is 0 Å². The third-order valence-electron chi connectivity index (χ3n) is 2.90. The average Bonchev–Trinajstić information content (AvgIpc) is 3.24. The van der Waals surface area contributed by atoms with Gasteiger partial charge < -0.3 is 4.74 Å². The molecule has 0 atom stereocenters. The Bertz CT molecular complexity index is 589. The van der Waals surface area contributed by atoms with Gasteiger partial charge >= 0.3 is 0 Å². The van der Waals surface area contributed by atoms with E-state index in [9.17, 15) is 4.79 Å². The van der Waals surface area contributed by atoms with Gasteiger partial charge in [-0.3, -0.25) is 9.78 Å². The third kappa shape index (κ3) is 2.93. The Labute approximate surface area is 116 Å².